The molecule has 6 heteroatoms. The van der Waals surface area contributed by atoms with Crippen LogP contribution in [0.25, 0.3) is 11.3 Å². The molecule has 0 saturated carbocycles. The Kier molecular flexibility index (Phi) is 3.24. The quantitative estimate of drug-likeness (QED) is 0.863. The van der Waals surface area contributed by atoms with E-state index in [0.29, 0.717) is 13.2 Å². The second-order valence-electron chi connectivity index (χ2n) is 4.31. The Bertz CT molecular complexity index is 554. The van der Waals surface area contributed by atoms with Crippen LogP contribution in [0.2, 0.25) is 0 Å². The Labute approximate surface area is 111 Å². The van der Waals surface area contributed by atoms with Gasteiger partial charge in [0.1, 0.15) is 5.69 Å². The summed E-state index contributed by atoms with van der Waals surface area (Å²) < 4.78 is 5.36. The highest BCUT2D eigenvalue weighted by Crippen LogP contribution is 2.27. The van der Waals surface area contributed by atoms with Gasteiger partial charge in [-0.3, -0.25) is 0 Å². The van der Waals surface area contributed by atoms with Crippen molar-refractivity contribution >= 4 is 11.8 Å². The smallest absolute Gasteiger partial charge is 0.240 e. The molecule has 6 nitrogen and oxygen atoms in total. The number of ether oxygens (including phenoxy) is 1. The van der Waals surface area contributed by atoms with Crippen LogP contribution in [0.3, 0.4) is 0 Å². The summed E-state index contributed by atoms with van der Waals surface area (Å²) in [6.07, 6.45) is 0. The number of nitrogen functional groups attached to an aromatic ring is 1. The average molecular weight is 257 g/mol. The van der Waals surface area contributed by atoms with E-state index in [1.54, 1.807) is 0 Å². The van der Waals surface area contributed by atoms with Crippen LogP contribution in [-0.2, 0) is 4.74 Å². The summed E-state index contributed by atoms with van der Waals surface area (Å²) in [5.74, 6) is 0.958. The Balaban J connectivity index is 2.04. The SMILES string of the molecule is Nc1nnc(N2CCOCC2)c(-c2ccccc2)n1. The molecule has 0 spiro atoms. The van der Waals surface area contributed by atoms with Gasteiger partial charge < -0.3 is 15.4 Å². The molecule has 98 valence electrons. The second-order valence-corrected chi connectivity index (χ2v) is 4.31. The second kappa shape index (κ2) is 5.19. The van der Waals surface area contributed by atoms with E-state index in [2.05, 4.69) is 20.1 Å². The molecule has 1 aromatic heterocycles. The largest absolute Gasteiger partial charge is 0.378 e. The Morgan fingerprint density at radius 3 is 2.53 bits per heavy atom. The monoisotopic (exact) mass is 257 g/mol. The first-order valence-electron chi connectivity index (χ1n) is 6.23. The summed E-state index contributed by atoms with van der Waals surface area (Å²) in [6.45, 7) is 2.97. The minimum absolute atomic E-state index is 0.191. The molecule has 2 aromatic rings. The molecule has 0 bridgehead atoms. The van der Waals surface area contributed by atoms with Crippen molar-refractivity contribution in [1.29, 1.82) is 0 Å². The van der Waals surface area contributed by atoms with Gasteiger partial charge in [0.15, 0.2) is 5.82 Å². The van der Waals surface area contributed by atoms with Gasteiger partial charge in [0.05, 0.1) is 13.2 Å². The van der Waals surface area contributed by atoms with Crippen LogP contribution in [0.5, 0.6) is 0 Å². The third-order valence-electron chi connectivity index (χ3n) is 3.04. The summed E-state index contributed by atoms with van der Waals surface area (Å²) in [7, 11) is 0. The van der Waals surface area contributed by atoms with Gasteiger partial charge in [-0.25, -0.2) is 4.98 Å². The van der Waals surface area contributed by atoms with Crippen LogP contribution in [0.15, 0.2) is 30.3 Å². The summed E-state index contributed by atoms with van der Waals surface area (Å²) in [6, 6.07) is 9.89. The van der Waals surface area contributed by atoms with E-state index in [0.717, 1.165) is 30.2 Å². The first kappa shape index (κ1) is 11.9. The number of hydrogen-bond donors (Lipinski definition) is 1. The number of nitrogens with two attached hydrogens (primary N) is 1. The fraction of sp³-hybridized carbons (Fsp3) is 0.308. The number of aromatic nitrogens is 3. The van der Waals surface area contributed by atoms with Crippen molar-refractivity contribution in [2.24, 2.45) is 0 Å². The minimum Gasteiger partial charge on any atom is -0.378 e. The number of anilines is 2. The molecule has 0 radical (unpaired) electrons. The minimum atomic E-state index is 0.191. The lowest BCUT2D eigenvalue weighted by molar-refractivity contribution is 0.122. The van der Waals surface area contributed by atoms with E-state index in [-0.39, 0.29) is 5.95 Å². The van der Waals surface area contributed by atoms with Crippen molar-refractivity contribution in [2.75, 3.05) is 36.9 Å². The predicted octanol–water partition coefficient (Wildman–Crippen LogP) is 0.957. The van der Waals surface area contributed by atoms with E-state index in [1.165, 1.54) is 0 Å². The summed E-state index contributed by atoms with van der Waals surface area (Å²) >= 11 is 0. The Hall–Kier alpha value is -2.21. The van der Waals surface area contributed by atoms with E-state index in [9.17, 15) is 0 Å². The van der Waals surface area contributed by atoms with Crippen LogP contribution in [0.4, 0.5) is 11.8 Å². The van der Waals surface area contributed by atoms with Crippen molar-refractivity contribution in [3.05, 3.63) is 30.3 Å². The molecule has 1 fully saturated rings. The lowest BCUT2D eigenvalue weighted by atomic mass is 10.1. The summed E-state index contributed by atoms with van der Waals surface area (Å²) in [5.41, 5.74) is 7.43. The number of nitrogens with zero attached hydrogens (tertiary/aromatic N) is 4. The predicted molar refractivity (Wildman–Crippen MR) is 72.7 cm³/mol. The standard InChI is InChI=1S/C13H15N5O/c14-13-15-11(10-4-2-1-3-5-10)12(16-17-13)18-6-8-19-9-7-18/h1-5H,6-9H2,(H2,14,15,17). The molecule has 1 saturated heterocycles. The number of hydrogen-bond acceptors (Lipinski definition) is 6. The van der Waals surface area contributed by atoms with Crippen LogP contribution in [0.1, 0.15) is 0 Å². The maximum atomic E-state index is 5.67. The van der Waals surface area contributed by atoms with E-state index in [4.69, 9.17) is 10.5 Å². The topological polar surface area (TPSA) is 77.2 Å². The molecule has 2 heterocycles. The van der Waals surface area contributed by atoms with Crippen LogP contribution in [0, 0.1) is 0 Å². The van der Waals surface area contributed by atoms with Crippen molar-refractivity contribution < 1.29 is 4.74 Å². The number of benzene rings is 1. The Morgan fingerprint density at radius 1 is 1.05 bits per heavy atom. The van der Waals surface area contributed by atoms with Crippen molar-refractivity contribution in [3.8, 4) is 11.3 Å². The molecule has 19 heavy (non-hydrogen) atoms. The molecular weight excluding hydrogens is 242 g/mol. The molecule has 0 unspecified atom stereocenters. The average Bonchev–Trinajstić information content (AvgIpc) is 2.49. The fourth-order valence-corrected chi connectivity index (χ4v) is 2.11. The zero-order chi connectivity index (χ0) is 13.1. The van der Waals surface area contributed by atoms with Gasteiger partial charge >= 0.3 is 0 Å². The number of rotatable bonds is 2. The van der Waals surface area contributed by atoms with Gasteiger partial charge in [-0.2, -0.15) is 0 Å². The first-order chi connectivity index (χ1) is 9.34. The summed E-state index contributed by atoms with van der Waals surface area (Å²) in [5, 5.41) is 8.09. The van der Waals surface area contributed by atoms with Crippen molar-refractivity contribution in [3.63, 3.8) is 0 Å². The van der Waals surface area contributed by atoms with Crippen LogP contribution >= 0.6 is 0 Å². The van der Waals surface area contributed by atoms with Gasteiger partial charge in [-0.1, -0.05) is 30.3 Å². The van der Waals surface area contributed by atoms with Crippen molar-refractivity contribution in [1.82, 2.24) is 15.2 Å². The number of morpholine rings is 1. The zero-order valence-electron chi connectivity index (χ0n) is 10.5. The first-order valence-corrected chi connectivity index (χ1v) is 6.23. The normalized spacial score (nSPS) is 15.5. The highest BCUT2D eigenvalue weighted by Gasteiger charge is 2.19. The zero-order valence-corrected chi connectivity index (χ0v) is 10.5. The van der Waals surface area contributed by atoms with Gasteiger partial charge in [-0.15, -0.1) is 10.2 Å². The van der Waals surface area contributed by atoms with E-state index in [1.807, 2.05) is 30.3 Å². The Morgan fingerprint density at radius 2 is 1.79 bits per heavy atom. The molecule has 0 atom stereocenters. The molecule has 0 aliphatic carbocycles. The molecule has 1 aromatic carbocycles. The lowest BCUT2D eigenvalue weighted by Crippen LogP contribution is -2.37. The molecule has 1 aliphatic heterocycles. The third kappa shape index (κ3) is 2.48. The van der Waals surface area contributed by atoms with E-state index >= 15 is 0 Å². The third-order valence-corrected chi connectivity index (χ3v) is 3.04. The van der Waals surface area contributed by atoms with Gasteiger partial charge in [-0.05, 0) is 0 Å². The maximum absolute atomic E-state index is 5.67. The fourth-order valence-electron chi connectivity index (χ4n) is 2.11. The van der Waals surface area contributed by atoms with Gasteiger partial charge in [0.25, 0.3) is 0 Å². The molecule has 2 N–H and O–H groups in total. The highest BCUT2D eigenvalue weighted by molar-refractivity contribution is 5.72. The van der Waals surface area contributed by atoms with E-state index < -0.39 is 0 Å². The van der Waals surface area contributed by atoms with Gasteiger partial charge in [0.2, 0.25) is 5.95 Å². The molecule has 0 amide bonds. The molecular formula is C13H15N5O. The maximum Gasteiger partial charge on any atom is 0.240 e. The highest BCUT2D eigenvalue weighted by atomic mass is 16.5. The molecule has 3 rings (SSSR count). The van der Waals surface area contributed by atoms with Crippen LogP contribution in [-0.4, -0.2) is 41.5 Å². The van der Waals surface area contributed by atoms with Gasteiger partial charge in [0, 0.05) is 18.7 Å². The van der Waals surface area contributed by atoms with Crippen molar-refractivity contribution in [2.45, 2.75) is 0 Å². The molecule has 1 aliphatic rings. The lowest BCUT2D eigenvalue weighted by Gasteiger charge is -2.28. The van der Waals surface area contributed by atoms with Crippen LogP contribution < -0.4 is 10.6 Å². The summed E-state index contributed by atoms with van der Waals surface area (Å²) in [4.78, 5) is 6.47.